The van der Waals surface area contributed by atoms with Crippen molar-refractivity contribution in [2.24, 2.45) is 0 Å². The molecule has 32 heavy (non-hydrogen) atoms. The monoisotopic (exact) mass is 451 g/mol. The number of nitrogens with one attached hydrogen (secondary N) is 2. The molecule has 0 saturated carbocycles. The van der Waals surface area contributed by atoms with E-state index in [1.807, 2.05) is 24.3 Å². The molecule has 0 bridgehead atoms. The summed E-state index contributed by atoms with van der Waals surface area (Å²) in [5.74, 6) is -0.726. The van der Waals surface area contributed by atoms with Crippen LogP contribution >= 0.6 is 11.3 Å². The zero-order valence-corrected chi connectivity index (χ0v) is 18.3. The third-order valence-electron chi connectivity index (χ3n) is 4.72. The second kappa shape index (κ2) is 9.11. The number of benzene rings is 2. The number of fused-ring (bicyclic) bond motifs is 3. The minimum Gasteiger partial charge on any atom is -0.495 e. The van der Waals surface area contributed by atoms with E-state index in [2.05, 4.69) is 22.2 Å². The number of amides is 1. The Balaban J connectivity index is 1.48. The molecular formula is C23H21N3O5S. The van der Waals surface area contributed by atoms with Gasteiger partial charge in [0.25, 0.3) is 5.91 Å². The molecule has 9 heteroatoms. The number of carbonyl (C=O) groups excluding carboxylic acids is 2. The Labute approximate surface area is 187 Å². The summed E-state index contributed by atoms with van der Waals surface area (Å²) in [5.41, 5.74) is 1.88. The van der Waals surface area contributed by atoms with Gasteiger partial charge in [0.05, 0.1) is 12.8 Å². The van der Waals surface area contributed by atoms with E-state index in [1.165, 1.54) is 25.4 Å². The van der Waals surface area contributed by atoms with E-state index in [1.54, 1.807) is 23.6 Å². The van der Waals surface area contributed by atoms with Crippen molar-refractivity contribution in [2.75, 3.05) is 24.3 Å². The van der Waals surface area contributed by atoms with Gasteiger partial charge < -0.3 is 24.5 Å². The lowest BCUT2D eigenvalue weighted by Gasteiger charge is -2.14. The largest absolute Gasteiger partial charge is 0.495 e. The quantitative estimate of drug-likeness (QED) is 0.292. The van der Waals surface area contributed by atoms with Crippen LogP contribution < -0.4 is 15.4 Å². The maximum Gasteiger partial charge on any atom is 0.358 e. The molecule has 0 aliphatic carbocycles. The van der Waals surface area contributed by atoms with Gasteiger partial charge in [-0.1, -0.05) is 24.3 Å². The van der Waals surface area contributed by atoms with Gasteiger partial charge >= 0.3 is 5.97 Å². The summed E-state index contributed by atoms with van der Waals surface area (Å²) in [4.78, 5) is 29.2. The molecule has 0 fully saturated rings. The van der Waals surface area contributed by atoms with Crippen molar-refractivity contribution in [1.82, 2.24) is 4.98 Å². The first-order chi connectivity index (χ1) is 15.5. The van der Waals surface area contributed by atoms with Gasteiger partial charge in [-0.15, -0.1) is 17.9 Å². The summed E-state index contributed by atoms with van der Waals surface area (Å²) in [7, 11) is 1.52. The fourth-order valence-corrected chi connectivity index (χ4v) is 3.82. The third-order valence-corrected chi connectivity index (χ3v) is 5.52. The number of aromatic nitrogens is 1. The summed E-state index contributed by atoms with van der Waals surface area (Å²) in [6.45, 7) is 5.63. The maximum atomic E-state index is 12.7. The Morgan fingerprint density at radius 2 is 2.06 bits per heavy atom. The molecule has 1 amide bonds. The lowest BCUT2D eigenvalue weighted by molar-refractivity contribution is -0.123. The number of para-hydroxylation sites is 1. The highest BCUT2D eigenvalue weighted by Gasteiger charge is 2.22. The van der Waals surface area contributed by atoms with E-state index in [0.29, 0.717) is 28.7 Å². The second-order valence-corrected chi connectivity index (χ2v) is 7.75. The first-order valence-electron chi connectivity index (χ1n) is 9.81. The Morgan fingerprint density at radius 3 is 2.84 bits per heavy atom. The van der Waals surface area contributed by atoms with Gasteiger partial charge in [0.15, 0.2) is 16.9 Å². The molecule has 4 aromatic rings. The lowest BCUT2D eigenvalue weighted by Crippen LogP contribution is -2.30. The van der Waals surface area contributed by atoms with E-state index in [-0.39, 0.29) is 5.69 Å². The second-order valence-electron chi connectivity index (χ2n) is 6.89. The van der Waals surface area contributed by atoms with Crippen LogP contribution in [0.15, 0.2) is 58.9 Å². The van der Waals surface area contributed by atoms with E-state index < -0.39 is 18.0 Å². The van der Waals surface area contributed by atoms with Crippen LogP contribution in [0.25, 0.3) is 21.9 Å². The number of ether oxygens (including phenoxy) is 2. The molecule has 0 radical (unpaired) electrons. The molecular weight excluding hydrogens is 430 g/mol. The standard InChI is InChI=1S/C23H21N3O5S/c1-4-9-24-23-26-17(12-32-23)22(28)30-13(2)21(27)25-16-11-19-15(10-20(16)29-3)14-7-5-6-8-18(14)31-19/h4-8,10-13H,1,9H2,2-3H3,(H,24,26)(H,25,27)/t13-/m0/s1. The van der Waals surface area contributed by atoms with Crippen molar-refractivity contribution in [3.63, 3.8) is 0 Å². The van der Waals surface area contributed by atoms with Gasteiger partial charge in [-0.2, -0.15) is 0 Å². The number of rotatable bonds is 8. The topological polar surface area (TPSA) is 103 Å². The summed E-state index contributed by atoms with van der Waals surface area (Å²) in [6.07, 6.45) is 0.632. The minimum absolute atomic E-state index is 0.127. The number of thiazole rings is 1. The van der Waals surface area contributed by atoms with Crippen LogP contribution in [-0.4, -0.2) is 36.6 Å². The molecule has 2 N–H and O–H groups in total. The first-order valence-corrected chi connectivity index (χ1v) is 10.7. The molecule has 0 saturated heterocycles. The van der Waals surface area contributed by atoms with Crippen molar-refractivity contribution in [3.05, 3.63) is 60.1 Å². The highest BCUT2D eigenvalue weighted by atomic mass is 32.1. The molecule has 2 heterocycles. The Kier molecular flexibility index (Phi) is 6.09. The normalized spacial score (nSPS) is 11.8. The van der Waals surface area contributed by atoms with Gasteiger partial charge in [-0.25, -0.2) is 9.78 Å². The van der Waals surface area contributed by atoms with Gasteiger partial charge in [0.2, 0.25) is 0 Å². The number of anilines is 2. The average molecular weight is 452 g/mol. The summed E-state index contributed by atoms with van der Waals surface area (Å²) in [6, 6.07) is 11.1. The SMILES string of the molecule is C=CCNc1nc(C(=O)O[C@@H](C)C(=O)Nc2cc3oc4ccccc4c3cc2OC)cs1. The molecule has 0 aliphatic heterocycles. The van der Waals surface area contributed by atoms with Crippen LogP contribution in [0.5, 0.6) is 5.75 Å². The van der Waals surface area contributed by atoms with Crippen molar-refractivity contribution in [1.29, 1.82) is 0 Å². The molecule has 2 aromatic carbocycles. The number of furan rings is 1. The fraction of sp³-hybridized carbons (Fsp3) is 0.174. The number of methoxy groups -OCH3 is 1. The zero-order valence-electron chi connectivity index (χ0n) is 17.5. The molecule has 0 spiro atoms. The lowest BCUT2D eigenvalue weighted by atomic mass is 10.1. The van der Waals surface area contributed by atoms with Crippen LogP contribution in [0.2, 0.25) is 0 Å². The minimum atomic E-state index is -1.05. The number of nitrogens with zero attached hydrogens (tertiary/aromatic N) is 1. The van der Waals surface area contributed by atoms with E-state index in [9.17, 15) is 9.59 Å². The third kappa shape index (κ3) is 4.28. The highest BCUT2D eigenvalue weighted by molar-refractivity contribution is 7.13. The molecule has 1 atom stereocenters. The Morgan fingerprint density at radius 1 is 1.25 bits per heavy atom. The molecule has 0 unspecified atom stereocenters. The summed E-state index contributed by atoms with van der Waals surface area (Å²) < 4.78 is 16.6. The Hall–Kier alpha value is -3.85. The number of carbonyl (C=O) groups is 2. The van der Waals surface area contributed by atoms with Crippen molar-refractivity contribution in [2.45, 2.75) is 13.0 Å². The number of esters is 1. The van der Waals surface area contributed by atoms with Gasteiger partial charge in [0, 0.05) is 28.8 Å². The average Bonchev–Trinajstić information content (AvgIpc) is 3.41. The van der Waals surface area contributed by atoms with Crippen molar-refractivity contribution in [3.8, 4) is 5.75 Å². The highest BCUT2D eigenvalue weighted by Crippen LogP contribution is 2.36. The van der Waals surface area contributed by atoms with Crippen molar-refractivity contribution < 1.29 is 23.5 Å². The van der Waals surface area contributed by atoms with Crippen LogP contribution in [-0.2, 0) is 9.53 Å². The smallest absolute Gasteiger partial charge is 0.358 e. The molecule has 164 valence electrons. The predicted octanol–water partition coefficient (Wildman–Crippen LogP) is 4.83. The van der Waals surface area contributed by atoms with E-state index in [0.717, 1.165) is 16.4 Å². The Bertz CT molecular complexity index is 1310. The first kappa shape index (κ1) is 21.4. The molecule has 2 aromatic heterocycles. The summed E-state index contributed by atoms with van der Waals surface area (Å²) >= 11 is 1.27. The van der Waals surface area contributed by atoms with Gasteiger partial charge in [0.1, 0.15) is 16.9 Å². The van der Waals surface area contributed by atoms with Gasteiger partial charge in [-0.05, 0) is 19.1 Å². The van der Waals surface area contributed by atoms with Crippen LogP contribution in [0, 0.1) is 0 Å². The summed E-state index contributed by atoms with van der Waals surface area (Å²) in [5, 5.41) is 9.70. The number of hydrogen-bond donors (Lipinski definition) is 2. The predicted molar refractivity (Wildman–Crippen MR) is 125 cm³/mol. The maximum absolute atomic E-state index is 12.7. The zero-order chi connectivity index (χ0) is 22.7. The molecule has 8 nitrogen and oxygen atoms in total. The van der Waals surface area contributed by atoms with Crippen molar-refractivity contribution >= 4 is 56.0 Å². The van der Waals surface area contributed by atoms with E-state index >= 15 is 0 Å². The molecule has 4 rings (SSSR count). The van der Waals surface area contributed by atoms with Crippen LogP contribution in [0.3, 0.4) is 0 Å². The van der Waals surface area contributed by atoms with Crippen LogP contribution in [0.4, 0.5) is 10.8 Å². The van der Waals surface area contributed by atoms with Gasteiger partial charge in [-0.3, -0.25) is 4.79 Å². The number of hydrogen-bond acceptors (Lipinski definition) is 8. The van der Waals surface area contributed by atoms with E-state index in [4.69, 9.17) is 13.9 Å². The fourth-order valence-electron chi connectivity index (χ4n) is 3.14. The van der Waals surface area contributed by atoms with Crippen LogP contribution in [0.1, 0.15) is 17.4 Å². The molecule has 0 aliphatic rings.